The van der Waals surface area contributed by atoms with E-state index in [1.165, 1.54) is 7.11 Å². The summed E-state index contributed by atoms with van der Waals surface area (Å²) in [6.07, 6.45) is 0.662. The maximum absolute atomic E-state index is 13.8. The zero-order valence-corrected chi connectivity index (χ0v) is 22.1. The molecule has 1 aliphatic heterocycles. The third-order valence-electron chi connectivity index (χ3n) is 7.21. The molecular formula is C27H30Cl2N2O4. The van der Waals surface area contributed by atoms with E-state index in [9.17, 15) is 9.59 Å². The molecule has 2 unspecified atom stereocenters. The largest absolute Gasteiger partial charge is 0.469 e. The molecule has 0 bridgehead atoms. The number of hydrogen-bond acceptors (Lipinski definition) is 4. The summed E-state index contributed by atoms with van der Waals surface area (Å²) >= 11 is 12.6. The summed E-state index contributed by atoms with van der Waals surface area (Å²) in [4.78, 5) is 27.9. The topological polar surface area (TPSA) is 60.8 Å². The van der Waals surface area contributed by atoms with Crippen LogP contribution in [0.15, 0.2) is 42.5 Å². The van der Waals surface area contributed by atoms with Gasteiger partial charge in [0.25, 0.3) is 5.91 Å². The Balaban J connectivity index is 1.71. The molecule has 4 rings (SSSR count). The number of ether oxygens (including phenoxy) is 2. The van der Waals surface area contributed by atoms with Crippen LogP contribution in [0.3, 0.4) is 0 Å². The van der Waals surface area contributed by atoms with Gasteiger partial charge < -0.3 is 18.9 Å². The number of esters is 1. The van der Waals surface area contributed by atoms with Gasteiger partial charge >= 0.3 is 5.97 Å². The van der Waals surface area contributed by atoms with Crippen molar-refractivity contribution in [1.82, 2.24) is 9.47 Å². The van der Waals surface area contributed by atoms with E-state index in [1.807, 2.05) is 62.8 Å². The second kappa shape index (κ2) is 9.84. The third-order valence-corrected chi connectivity index (χ3v) is 8.03. The number of nitrogens with zero attached hydrogens (tertiary/aromatic N) is 2. The van der Waals surface area contributed by atoms with Crippen LogP contribution >= 0.6 is 23.2 Å². The lowest BCUT2D eigenvalue weighted by Gasteiger charge is -2.38. The predicted octanol–water partition coefficient (Wildman–Crippen LogP) is 5.79. The molecule has 0 radical (unpaired) electrons. The molecule has 3 aromatic rings. The van der Waals surface area contributed by atoms with Crippen LogP contribution in [0.1, 0.15) is 47.8 Å². The van der Waals surface area contributed by atoms with Crippen molar-refractivity contribution in [1.29, 1.82) is 0 Å². The second-order valence-corrected chi connectivity index (χ2v) is 10.2. The van der Waals surface area contributed by atoms with E-state index < -0.39 is 5.54 Å². The molecule has 0 N–H and O–H groups in total. The number of aryl methyl sites for hydroxylation is 1. The highest BCUT2D eigenvalue weighted by Gasteiger charge is 2.44. The van der Waals surface area contributed by atoms with Crippen LogP contribution in [0.4, 0.5) is 0 Å². The molecule has 1 aromatic heterocycles. The number of hydrogen-bond donors (Lipinski definition) is 0. The Morgan fingerprint density at radius 2 is 1.83 bits per heavy atom. The van der Waals surface area contributed by atoms with Gasteiger partial charge in [-0.15, -0.1) is 0 Å². The number of rotatable bonds is 6. The monoisotopic (exact) mass is 516 g/mol. The molecule has 1 fully saturated rings. The summed E-state index contributed by atoms with van der Waals surface area (Å²) in [5.74, 6) is -0.654. The quantitative estimate of drug-likeness (QED) is 0.389. The van der Waals surface area contributed by atoms with Crippen LogP contribution in [0.5, 0.6) is 0 Å². The first-order chi connectivity index (χ1) is 16.6. The second-order valence-electron chi connectivity index (χ2n) is 9.45. The first-order valence-corrected chi connectivity index (χ1v) is 12.4. The van der Waals surface area contributed by atoms with Crippen molar-refractivity contribution >= 4 is 46.0 Å². The van der Waals surface area contributed by atoms with E-state index >= 15 is 0 Å². The van der Waals surface area contributed by atoms with E-state index in [0.717, 1.165) is 22.0 Å². The van der Waals surface area contributed by atoms with Crippen molar-refractivity contribution in [2.75, 3.05) is 27.4 Å². The number of methoxy groups -OCH3 is 1. The lowest BCUT2D eigenvalue weighted by molar-refractivity contribution is -0.143. The molecular weight excluding hydrogens is 487 g/mol. The first-order valence-electron chi connectivity index (χ1n) is 11.6. The third kappa shape index (κ3) is 4.32. The summed E-state index contributed by atoms with van der Waals surface area (Å²) in [6.45, 7) is 4.93. The lowest BCUT2D eigenvalue weighted by atomic mass is 9.83. The number of carbonyl (C=O) groups excluding carboxylic acids is 2. The maximum Gasteiger partial charge on any atom is 0.313 e. The van der Waals surface area contributed by atoms with Gasteiger partial charge in [-0.3, -0.25) is 9.59 Å². The molecule has 0 spiro atoms. The minimum Gasteiger partial charge on any atom is -0.469 e. The molecule has 1 amide bonds. The van der Waals surface area contributed by atoms with Gasteiger partial charge in [-0.2, -0.15) is 0 Å². The van der Waals surface area contributed by atoms with Crippen LogP contribution in [0.25, 0.3) is 10.9 Å². The predicted molar refractivity (Wildman–Crippen MR) is 138 cm³/mol. The van der Waals surface area contributed by atoms with Crippen molar-refractivity contribution in [3.05, 3.63) is 69.3 Å². The minimum absolute atomic E-state index is 0.0909. The zero-order valence-electron chi connectivity index (χ0n) is 20.6. The number of likely N-dealkylation sites (N-methyl/N-ethyl adjacent to an activating group) is 1. The zero-order chi connectivity index (χ0) is 25.5. The summed E-state index contributed by atoms with van der Waals surface area (Å²) in [5, 5.41) is 1.62. The molecule has 2 heterocycles. The van der Waals surface area contributed by atoms with Gasteiger partial charge in [0.1, 0.15) is 5.69 Å². The lowest BCUT2D eigenvalue weighted by Crippen LogP contribution is -2.48. The standard InChI is InChI=1S/C27H30Cl2N2O4/c1-16(2)23(26(33)34-5)17-6-8-18(9-7-17)27(12-13-35-15-27)31(4)25(32)22-14-19-21(30(22)3)11-10-20(28)24(19)29/h6-11,14,16,23H,12-13,15H2,1-5H3. The highest BCUT2D eigenvalue weighted by molar-refractivity contribution is 6.45. The number of benzene rings is 2. The molecule has 8 heteroatoms. The fraction of sp³-hybridized carbons (Fsp3) is 0.407. The number of amides is 1. The Hall–Kier alpha value is -2.54. The van der Waals surface area contributed by atoms with Crippen LogP contribution in [-0.4, -0.2) is 48.7 Å². The summed E-state index contributed by atoms with van der Waals surface area (Å²) in [7, 11) is 5.06. The van der Waals surface area contributed by atoms with Crippen LogP contribution in [-0.2, 0) is 26.9 Å². The molecule has 1 aliphatic rings. The summed E-state index contributed by atoms with van der Waals surface area (Å²) in [5.41, 5.74) is 2.56. The van der Waals surface area contributed by atoms with Gasteiger partial charge in [-0.05, 0) is 35.2 Å². The van der Waals surface area contributed by atoms with Crippen molar-refractivity contribution in [3.8, 4) is 0 Å². The number of aromatic nitrogens is 1. The van der Waals surface area contributed by atoms with Gasteiger partial charge in [0.05, 0.1) is 35.2 Å². The Kier molecular flexibility index (Phi) is 7.18. The van der Waals surface area contributed by atoms with Crippen molar-refractivity contribution < 1.29 is 19.1 Å². The number of fused-ring (bicyclic) bond motifs is 1. The summed E-state index contributed by atoms with van der Waals surface area (Å²) in [6, 6.07) is 13.3. The fourth-order valence-electron chi connectivity index (χ4n) is 5.08. The average Bonchev–Trinajstić information content (AvgIpc) is 3.47. The van der Waals surface area contributed by atoms with Crippen molar-refractivity contribution in [2.45, 2.75) is 31.7 Å². The van der Waals surface area contributed by atoms with Crippen LogP contribution in [0, 0.1) is 5.92 Å². The molecule has 186 valence electrons. The van der Waals surface area contributed by atoms with Gasteiger partial charge in [0, 0.05) is 38.0 Å². The van der Waals surface area contributed by atoms with Gasteiger partial charge in [0.2, 0.25) is 0 Å². The van der Waals surface area contributed by atoms with Crippen molar-refractivity contribution in [2.24, 2.45) is 13.0 Å². The molecule has 2 atom stereocenters. The Labute approximate surface area is 215 Å². The van der Waals surface area contributed by atoms with Crippen LogP contribution in [0.2, 0.25) is 10.0 Å². The number of halogens is 2. The molecule has 35 heavy (non-hydrogen) atoms. The minimum atomic E-state index is -0.633. The van der Waals surface area contributed by atoms with Gasteiger partial charge in [-0.1, -0.05) is 61.3 Å². The normalized spacial score (nSPS) is 18.7. The van der Waals surface area contributed by atoms with Crippen molar-refractivity contribution in [3.63, 3.8) is 0 Å². The van der Waals surface area contributed by atoms with Gasteiger partial charge in [-0.25, -0.2) is 0 Å². The van der Waals surface area contributed by atoms with Gasteiger partial charge in [0.15, 0.2) is 0 Å². The van der Waals surface area contributed by atoms with E-state index in [2.05, 4.69) is 0 Å². The van der Waals surface area contributed by atoms with E-state index in [1.54, 1.807) is 17.0 Å². The van der Waals surface area contributed by atoms with E-state index in [-0.39, 0.29) is 23.7 Å². The van der Waals surface area contributed by atoms with E-state index in [0.29, 0.717) is 35.4 Å². The Morgan fingerprint density at radius 1 is 1.14 bits per heavy atom. The molecule has 6 nitrogen and oxygen atoms in total. The Bertz CT molecular complexity index is 1260. The molecule has 0 saturated carbocycles. The SMILES string of the molecule is COC(=O)C(c1ccc(C2(N(C)C(=O)c3cc4c(Cl)c(Cl)ccc4n3C)CCOC2)cc1)C(C)C. The Morgan fingerprint density at radius 3 is 2.40 bits per heavy atom. The van der Waals surface area contributed by atoms with Crippen LogP contribution < -0.4 is 0 Å². The molecule has 0 aliphatic carbocycles. The smallest absolute Gasteiger partial charge is 0.313 e. The average molecular weight is 517 g/mol. The highest BCUT2D eigenvalue weighted by Crippen LogP contribution is 2.39. The maximum atomic E-state index is 13.8. The summed E-state index contributed by atoms with van der Waals surface area (Å²) < 4.78 is 12.7. The molecule has 2 aromatic carbocycles. The first kappa shape index (κ1) is 25.5. The molecule has 1 saturated heterocycles. The number of carbonyl (C=O) groups is 2. The fourth-order valence-corrected chi connectivity index (χ4v) is 5.46. The highest BCUT2D eigenvalue weighted by atomic mass is 35.5. The van der Waals surface area contributed by atoms with E-state index in [4.69, 9.17) is 32.7 Å².